The molecule has 0 radical (unpaired) electrons. The smallest absolute Gasteiger partial charge is 0.0726 e. The van der Waals surface area contributed by atoms with E-state index >= 15 is 0 Å². The molecule has 1 aliphatic heterocycles. The van der Waals surface area contributed by atoms with Gasteiger partial charge in [-0.3, -0.25) is 0 Å². The third-order valence-corrected chi connectivity index (χ3v) is 3.04. The quantitative estimate of drug-likeness (QED) is 0.706. The fourth-order valence-electron chi connectivity index (χ4n) is 2.04. The molecule has 1 aliphatic rings. The second-order valence-corrected chi connectivity index (χ2v) is 4.76. The Morgan fingerprint density at radius 2 is 1.79 bits per heavy atom. The Labute approximate surface area is 87.3 Å². The monoisotopic (exact) mass is 200 g/mol. The van der Waals surface area contributed by atoms with Gasteiger partial charge >= 0.3 is 0 Å². The van der Waals surface area contributed by atoms with Gasteiger partial charge in [-0.2, -0.15) is 0 Å². The van der Waals surface area contributed by atoms with Crippen molar-refractivity contribution in [3.63, 3.8) is 0 Å². The summed E-state index contributed by atoms with van der Waals surface area (Å²) < 4.78 is 0. The van der Waals surface area contributed by atoms with Crippen molar-refractivity contribution in [1.29, 1.82) is 0 Å². The number of hydrogen-bond donors (Lipinski definition) is 2. The van der Waals surface area contributed by atoms with Crippen molar-refractivity contribution in [2.45, 2.75) is 45.3 Å². The van der Waals surface area contributed by atoms with Crippen molar-refractivity contribution in [3.8, 4) is 0 Å². The van der Waals surface area contributed by atoms with Crippen LogP contribution in [0.5, 0.6) is 0 Å². The van der Waals surface area contributed by atoms with E-state index < -0.39 is 0 Å². The third-order valence-electron chi connectivity index (χ3n) is 3.04. The Kier molecular flexibility index (Phi) is 4.85. The van der Waals surface area contributed by atoms with Gasteiger partial charge in [0.15, 0.2) is 0 Å². The van der Waals surface area contributed by atoms with Gasteiger partial charge in [-0.1, -0.05) is 20.3 Å². The molecule has 3 nitrogen and oxygen atoms in total. The van der Waals surface area contributed by atoms with Crippen LogP contribution < -0.4 is 5.73 Å². The standard InChI is InChI=1S/C11H24N2O/c1-9(2)11(14)10(12)8-13-6-4-3-5-7-13/h9-11,14H,3-8,12H2,1-2H3. The molecule has 0 spiro atoms. The molecule has 0 aromatic rings. The lowest BCUT2D eigenvalue weighted by atomic mass is 9.99. The van der Waals surface area contributed by atoms with Crippen molar-refractivity contribution in [1.82, 2.24) is 4.90 Å². The van der Waals surface area contributed by atoms with Gasteiger partial charge in [0.25, 0.3) is 0 Å². The average molecular weight is 200 g/mol. The molecule has 84 valence electrons. The Morgan fingerprint density at radius 3 is 2.29 bits per heavy atom. The summed E-state index contributed by atoms with van der Waals surface area (Å²) in [5, 5.41) is 9.77. The van der Waals surface area contributed by atoms with Crippen molar-refractivity contribution >= 4 is 0 Å². The summed E-state index contributed by atoms with van der Waals surface area (Å²) in [7, 11) is 0. The highest BCUT2D eigenvalue weighted by Crippen LogP contribution is 2.11. The molecule has 3 heteroatoms. The normalized spacial score (nSPS) is 23.8. The summed E-state index contributed by atoms with van der Waals surface area (Å²) >= 11 is 0. The molecule has 0 aromatic carbocycles. The molecule has 0 aromatic heterocycles. The van der Waals surface area contributed by atoms with Gasteiger partial charge in [-0.05, 0) is 31.8 Å². The summed E-state index contributed by atoms with van der Waals surface area (Å²) in [4.78, 5) is 2.37. The van der Waals surface area contributed by atoms with E-state index in [1.165, 1.54) is 19.3 Å². The molecule has 0 saturated carbocycles. The summed E-state index contributed by atoms with van der Waals surface area (Å²) in [6.45, 7) is 7.18. The number of rotatable bonds is 4. The van der Waals surface area contributed by atoms with Crippen LogP contribution in [0.25, 0.3) is 0 Å². The SMILES string of the molecule is CC(C)C(O)C(N)CN1CCCCC1. The van der Waals surface area contributed by atoms with Gasteiger partial charge < -0.3 is 15.7 Å². The number of nitrogens with zero attached hydrogens (tertiary/aromatic N) is 1. The molecule has 1 fully saturated rings. The number of piperidine rings is 1. The van der Waals surface area contributed by atoms with E-state index in [9.17, 15) is 5.11 Å². The fraction of sp³-hybridized carbons (Fsp3) is 1.00. The minimum absolute atomic E-state index is 0.0897. The molecule has 3 N–H and O–H groups in total. The molecule has 0 amide bonds. The van der Waals surface area contributed by atoms with E-state index in [4.69, 9.17) is 5.73 Å². The maximum absolute atomic E-state index is 9.77. The van der Waals surface area contributed by atoms with E-state index in [0.29, 0.717) is 0 Å². The first kappa shape index (κ1) is 12.0. The van der Waals surface area contributed by atoms with Crippen LogP contribution in [0, 0.1) is 5.92 Å². The highest BCUT2D eigenvalue weighted by atomic mass is 16.3. The largest absolute Gasteiger partial charge is 0.391 e. The van der Waals surface area contributed by atoms with Gasteiger partial charge in [0.1, 0.15) is 0 Å². The summed E-state index contributed by atoms with van der Waals surface area (Å²) in [6.07, 6.45) is 3.55. The van der Waals surface area contributed by atoms with E-state index in [1.54, 1.807) is 0 Å². The van der Waals surface area contributed by atoms with Crippen LogP contribution in [-0.2, 0) is 0 Å². The molecular weight excluding hydrogens is 176 g/mol. The van der Waals surface area contributed by atoms with E-state index in [1.807, 2.05) is 13.8 Å². The molecule has 0 aliphatic carbocycles. The topological polar surface area (TPSA) is 49.5 Å². The van der Waals surface area contributed by atoms with Crippen molar-refractivity contribution in [2.75, 3.05) is 19.6 Å². The van der Waals surface area contributed by atoms with Crippen molar-refractivity contribution in [2.24, 2.45) is 11.7 Å². The number of nitrogens with two attached hydrogens (primary N) is 1. The number of aliphatic hydroxyl groups is 1. The molecule has 2 unspecified atom stereocenters. The zero-order chi connectivity index (χ0) is 10.6. The van der Waals surface area contributed by atoms with Crippen LogP contribution in [0.3, 0.4) is 0 Å². The van der Waals surface area contributed by atoms with Crippen LogP contribution in [0.4, 0.5) is 0 Å². The molecule has 0 bridgehead atoms. The number of aliphatic hydroxyl groups excluding tert-OH is 1. The molecule has 1 rings (SSSR count). The maximum Gasteiger partial charge on any atom is 0.0726 e. The van der Waals surface area contributed by atoms with Crippen LogP contribution in [0.2, 0.25) is 0 Å². The lowest BCUT2D eigenvalue weighted by Gasteiger charge is -2.31. The maximum atomic E-state index is 9.77. The predicted molar refractivity (Wildman–Crippen MR) is 59.1 cm³/mol. The van der Waals surface area contributed by atoms with Gasteiger partial charge in [0.2, 0.25) is 0 Å². The molecule has 1 saturated heterocycles. The highest BCUT2D eigenvalue weighted by molar-refractivity contribution is 4.79. The summed E-state index contributed by atoms with van der Waals surface area (Å²) in [6, 6.07) is -0.0897. The van der Waals surface area contributed by atoms with Crippen LogP contribution >= 0.6 is 0 Å². The van der Waals surface area contributed by atoms with Gasteiger partial charge in [-0.25, -0.2) is 0 Å². The molecule has 1 heterocycles. The Bertz CT molecular complexity index is 155. The molecule has 2 atom stereocenters. The average Bonchev–Trinajstić information content (AvgIpc) is 2.18. The van der Waals surface area contributed by atoms with E-state index in [2.05, 4.69) is 4.90 Å². The minimum atomic E-state index is -0.364. The number of likely N-dealkylation sites (tertiary alicyclic amines) is 1. The zero-order valence-corrected chi connectivity index (χ0v) is 9.45. The van der Waals surface area contributed by atoms with Crippen molar-refractivity contribution < 1.29 is 5.11 Å². The Hall–Kier alpha value is -0.120. The second-order valence-electron chi connectivity index (χ2n) is 4.76. The number of hydrogen-bond acceptors (Lipinski definition) is 3. The minimum Gasteiger partial charge on any atom is -0.391 e. The zero-order valence-electron chi connectivity index (χ0n) is 9.45. The first-order valence-corrected chi connectivity index (χ1v) is 5.77. The van der Waals surface area contributed by atoms with Gasteiger partial charge in [0.05, 0.1) is 6.10 Å². The van der Waals surface area contributed by atoms with E-state index in [0.717, 1.165) is 19.6 Å². The van der Waals surface area contributed by atoms with Crippen molar-refractivity contribution in [3.05, 3.63) is 0 Å². The van der Waals surface area contributed by atoms with E-state index in [-0.39, 0.29) is 18.1 Å². The van der Waals surface area contributed by atoms with Crippen LogP contribution in [0.1, 0.15) is 33.1 Å². The highest BCUT2D eigenvalue weighted by Gasteiger charge is 2.21. The third kappa shape index (κ3) is 3.56. The first-order valence-electron chi connectivity index (χ1n) is 5.77. The first-order chi connectivity index (χ1) is 6.61. The Balaban J connectivity index is 2.27. The van der Waals surface area contributed by atoms with Gasteiger partial charge in [0, 0.05) is 12.6 Å². The summed E-state index contributed by atoms with van der Waals surface area (Å²) in [5.74, 6) is 0.259. The molecular formula is C11H24N2O. The fourth-order valence-corrected chi connectivity index (χ4v) is 2.04. The molecule has 14 heavy (non-hydrogen) atoms. The lowest BCUT2D eigenvalue weighted by Crippen LogP contribution is -2.48. The van der Waals surface area contributed by atoms with Crippen LogP contribution in [-0.4, -0.2) is 41.8 Å². The second kappa shape index (κ2) is 5.69. The predicted octanol–water partition coefficient (Wildman–Crippen LogP) is 0.816. The van der Waals surface area contributed by atoms with Crippen LogP contribution in [0.15, 0.2) is 0 Å². The summed E-state index contributed by atoms with van der Waals surface area (Å²) in [5.41, 5.74) is 5.96. The lowest BCUT2D eigenvalue weighted by molar-refractivity contribution is 0.0755. The Morgan fingerprint density at radius 1 is 1.21 bits per heavy atom. The van der Waals surface area contributed by atoms with Gasteiger partial charge in [-0.15, -0.1) is 0 Å².